The molecule has 1 aliphatic rings. The predicted molar refractivity (Wildman–Crippen MR) is 102 cm³/mol. The fourth-order valence-corrected chi connectivity index (χ4v) is 4.62. The van der Waals surface area contributed by atoms with Crippen LogP contribution in [-0.2, 0) is 14.8 Å². The molecular weight excluding hydrogens is 390 g/mol. The van der Waals surface area contributed by atoms with Gasteiger partial charge in [-0.2, -0.15) is 4.31 Å². The number of benzene rings is 2. The Hall–Kier alpha value is -1.93. The standard InChI is InChI=1S/C19H20ClNO5S/c1-13-11-21(12-14(2)25-13)27(23,24)18-9-3-15(4-10-18)19(22)26-17-7-5-16(20)6-8-17/h3-10,13-14H,11-12H2,1-2H3/t13-,14-/m0/s1. The molecule has 27 heavy (non-hydrogen) atoms. The Morgan fingerprint density at radius 3 is 2.15 bits per heavy atom. The van der Waals surface area contributed by atoms with Crippen LogP contribution in [0, 0.1) is 0 Å². The summed E-state index contributed by atoms with van der Waals surface area (Å²) in [4.78, 5) is 12.3. The molecule has 0 N–H and O–H groups in total. The van der Waals surface area contributed by atoms with E-state index < -0.39 is 16.0 Å². The van der Waals surface area contributed by atoms with Crippen LogP contribution >= 0.6 is 11.6 Å². The van der Waals surface area contributed by atoms with E-state index in [-0.39, 0.29) is 22.7 Å². The molecule has 144 valence electrons. The third-order valence-corrected chi connectivity index (χ3v) is 6.24. The van der Waals surface area contributed by atoms with Gasteiger partial charge in [-0.3, -0.25) is 0 Å². The summed E-state index contributed by atoms with van der Waals surface area (Å²) >= 11 is 5.80. The maximum atomic E-state index is 12.8. The van der Waals surface area contributed by atoms with Gasteiger partial charge in [-0.15, -0.1) is 0 Å². The van der Waals surface area contributed by atoms with Gasteiger partial charge < -0.3 is 9.47 Å². The van der Waals surface area contributed by atoms with Crippen molar-refractivity contribution in [3.8, 4) is 5.75 Å². The minimum Gasteiger partial charge on any atom is -0.423 e. The maximum absolute atomic E-state index is 12.8. The Morgan fingerprint density at radius 2 is 1.59 bits per heavy atom. The van der Waals surface area contributed by atoms with Crippen LogP contribution in [0.15, 0.2) is 53.4 Å². The number of carbonyl (C=O) groups excluding carboxylic acids is 1. The van der Waals surface area contributed by atoms with Crippen LogP contribution in [-0.4, -0.2) is 44.0 Å². The Morgan fingerprint density at radius 1 is 1.04 bits per heavy atom. The minimum atomic E-state index is -3.65. The third-order valence-electron chi connectivity index (χ3n) is 4.14. The molecule has 0 bridgehead atoms. The molecule has 0 aromatic heterocycles. The zero-order valence-electron chi connectivity index (χ0n) is 15.0. The number of ether oxygens (including phenoxy) is 2. The summed E-state index contributed by atoms with van der Waals surface area (Å²) in [6.07, 6.45) is -0.339. The summed E-state index contributed by atoms with van der Waals surface area (Å²) in [5.41, 5.74) is 0.257. The van der Waals surface area contributed by atoms with Crippen molar-refractivity contribution in [2.24, 2.45) is 0 Å². The van der Waals surface area contributed by atoms with Gasteiger partial charge in [-0.25, -0.2) is 13.2 Å². The molecule has 2 aromatic rings. The Bertz CT molecular complexity index is 902. The highest BCUT2D eigenvalue weighted by atomic mass is 35.5. The summed E-state index contributed by atoms with van der Waals surface area (Å²) in [6, 6.07) is 12.1. The topological polar surface area (TPSA) is 72.9 Å². The Balaban J connectivity index is 1.74. The van der Waals surface area contributed by atoms with Gasteiger partial charge in [0.15, 0.2) is 0 Å². The number of carbonyl (C=O) groups is 1. The van der Waals surface area contributed by atoms with E-state index in [2.05, 4.69) is 0 Å². The van der Waals surface area contributed by atoms with Gasteiger partial charge in [0.1, 0.15) is 5.75 Å². The molecule has 6 nitrogen and oxygen atoms in total. The van der Waals surface area contributed by atoms with Crippen molar-refractivity contribution in [1.82, 2.24) is 4.31 Å². The molecule has 0 unspecified atom stereocenters. The molecular formula is C19H20ClNO5S. The van der Waals surface area contributed by atoms with E-state index in [0.29, 0.717) is 23.9 Å². The van der Waals surface area contributed by atoms with Crippen molar-refractivity contribution in [2.45, 2.75) is 31.0 Å². The lowest BCUT2D eigenvalue weighted by Crippen LogP contribution is -2.48. The zero-order chi connectivity index (χ0) is 19.6. The number of halogens is 1. The van der Waals surface area contributed by atoms with Gasteiger partial charge in [-0.05, 0) is 62.4 Å². The average Bonchev–Trinajstić information content (AvgIpc) is 2.63. The van der Waals surface area contributed by atoms with Crippen LogP contribution in [0.5, 0.6) is 5.75 Å². The van der Waals surface area contributed by atoms with Gasteiger partial charge in [-0.1, -0.05) is 11.6 Å². The quantitative estimate of drug-likeness (QED) is 0.572. The molecule has 0 amide bonds. The molecule has 8 heteroatoms. The summed E-state index contributed by atoms with van der Waals surface area (Å²) in [6.45, 7) is 4.28. The van der Waals surface area contributed by atoms with Crippen molar-refractivity contribution in [3.05, 3.63) is 59.1 Å². The number of nitrogens with zero attached hydrogens (tertiary/aromatic N) is 1. The zero-order valence-corrected chi connectivity index (χ0v) is 16.5. The number of hydrogen-bond acceptors (Lipinski definition) is 5. The molecule has 1 fully saturated rings. The van der Waals surface area contributed by atoms with Crippen molar-refractivity contribution < 1.29 is 22.7 Å². The van der Waals surface area contributed by atoms with E-state index in [1.54, 1.807) is 24.3 Å². The highest BCUT2D eigenvalue weighted by Crippen LogP contribution is 2.22. The minimum absolute atomic E-state index is 0.131. The second kappa shape index (κ2) is 7.98. The first kappa shape index (κ1) is 19.8. The molecule has 1 heterocycles. The van der Waals surface area contributed by atoms with Crippen molar-refractivity contribution in [3.63, 3.8) is 0 Å². The van der Waals surface area contributed by atoms with E-state index in [1.807, 2.05) is 13.8 Å². The van der Waals surface area contributed by atoms with E-state index in [0.717, 1.165) is 0 Å². The molecule has 1 saturated heterocycles. The van der Waals surface area contributed by atoms with Gasteiger partial charge in [0.05, 0.1) is 22.7 Å². The third kappa shape index (κ3) is 4.68. The lowest BCUT2D eigenvalue weighted by molar-refractivity contribution is -0.0440. The summed E-state index contributed by atoms with van der Waals surface area (Å²) in [5, 5.41) is 0.538. The van der Waals surface area contributed by atoms with Gasteiger partial charge in [0.2, 0.25) is 10.0 Å². The van der Waals surface area contributed by atoms with Gasteiger partial charge >= 0.3 is 5.97 Å². The fraction of sp³-hybridized carbons (Fsp3) is 0.316. The molecule has 2 aromatic carbocycles. The molecule has 0 aliphatic carbocycles. The average molecular weight is 410 g/mol. The van der Waals surface area contributed by atoms with Crippen LogP contribution in [0.4, 0.5) is 0 Å². The molecule has 0 saturated carbocycles. The monoisotopic (exact) mass is 409 g/mol. The van der Waals surface area contributed by atoms with E-state index >= 15 is 0 Å². The van der Waals surface area contributed by atoms with Crippen molar-refractivity contribution in [1.29, 1.82) is 0 Å². The summed E-state index contributed by atoms with van der Waals surface area (Å²) < 4.78 is 37.9. The van der Waals surface area contributed by atoms with Crippen molar-refractivity contribution >= 4 is 27.6 Å². The first-order chi connectivity index (χ1) is 12.8. The smallest absolute Gasteiger partial charge is 0.343 e. The van der Waals surface area contributed by atoms with Crippen LogP contribution in [0.25, 0.3) is 0 Å². The van der Waals surface area contributed by atoms with Crippen LogP contribution in [0.2, 0.25) is 5.02 Å². The van der Waals surface area contributed by atoms with Crippen LogP contribution < -0.4 is 4.74 Å². The SMILES string of the molecule is C[C@H]1CN(S(=O)(=O)c2ccc(C(=O)Oc3ccc(Cl)cc3)cc2)C[C@H](C)O1. The molecule has 2 atom stereocenters. The normalized spacial score (nSPS) is 21.0. The largest absolute Gasteiger partial charge is 0.423 e. The number of esters is 1. The van der Waals surface area contributed by atoms with E-state index in [1.165, 1.54) is 28.6 Å². The van der Waals surface area contributed by atoms with E-state index in [4.69, 9.17) is 21.1 Å². The molecule has 0 radical (unpaired) electrons. The van der Waals surface area contributed by atoms with Crippen LogP contribution in [0.3, 0.4) is 0 Å². The first-order valence-electron chi connectivity index (χ1n) is 8.49. The Kier molecular flexibility index (Phi) is 5.86. The van der Waals surface area contributed by atoms with Gasteiger partial charge in [0, 0.05) is 18.1 Å². The molecule has 0 spiro atoms. The molecule has 3 rings (SSSR count). The summed E-state index contributed by atoms with van der Waals surface area (Å²) in [5.74, 6) is -0.215. The fourth-order valence-electron chi connectivity index (χ4n) is 2.91. The second-order valence-corrected chi connectivity index (χ2v) is 8.82. The second-order valence-electron chi connectivity index (χ2n) is 6.45. The lowest BCUT2D eigenvalue weighted by atomic mass is 10.2. The van der Waals surface area contributed by atoms with Crippen molar-refractivity contribution in [2.75, 3.05) is 13.1 Å². The predicted octanol–water partition coefficient (Wildman–Crippen LogP) is 3.36. The maximum Gasteiger partial charge on any atom is 0.343 e. The highest BCUT2D eigenvalue weighted by Gasteiger charge is 2.32. The number of hydrogen-bond donors (Lipinski definition) is 0. The van der Waals surface area contributed by atoms with Gasteiger partial charge in [0.25, 0.3) is 0 Å². The van der Waals surface area contributed by atoms with Crippen LogP contribution in [0.1, 0.15) is 24.2 Å². The molecule has 1 aliphatic heterocycles. The lowest BCUT2D eigenvalue weighted by Gasteiger charge is -2.34. The first-order valence-corrected chi connectivity index (χ1v) is 10.3. The number of sulfonamides is 1. The number of rotatable bonds is 4. The highest BCUT2D eigenvalue weighted by molar-refractivity contribution is 7.89. The number of morpholine rings is 1. The summed E-state index contributed by atoms with van der Waals surface area (Å²) in [7, 11) is -3.65. The van der Waals surface area contributed by atoms with E-state index in [9.17, 15) is 13.2 Å². The Labute approximate surface area is 163 Å².